The summed E-state index contributed by atoms with van der Waals surface area (Å²) in [5.74, 6) is -1.61. The number of anilines is 1. The minimum Gasteiger partial charge on any atom is -0.394 e. The van der Waals surface area contributed by atoms with Gasteiger partial charge in [0, 0.05) is 11.1 Å². The Kier molecular flexibility index (Phi) is 8.32. The summed E-state index contributed by atoms with van der Waals surface area (Å²) in [4.78, 5) is 37.6. The van der Waals surface area contributed by atoms with Crippen LogP contribution in [0.4, 0.5) is 5.69 Å². The third kappa shape index (κ3) is 5.77. The first-order valence-corrected chi connectivity index (χ1v) is 9.96. The Morgan fingerprint density at radius 3 is 2.20 bits per heavy atom. The van der Waals surface area contributed by atoms with Crippen LogP contribution in [0, 0.1) is 5.92 Å². The molecule has 8 heteroatoms. The average molecular weight is 415 g/mol. The lowest BCUT2D eigenvalue weighted by molar-refractivity contribution is -0.132. The molecule has 0 aliphatic rings. The highest BCUT2D eigenvalue weighted by atomic mass is 16.3. The van der Waals surface area contributed by atoms with Crippen molar-refractivity contribution in [3.8, 4) is 0 Å². The maximum atomic E-state index is 12.7. The van der Waals surface area contributed by atoms with E-state index in [1.54, 1.807) is 33.9 Å². The number of amides is 3. The van der Waals surface area contributed by atoms with Crippen LogP contribution in [-0.4, -0.2) is 54.6 Å². The Morgan fingerprint density at radius 2 is 1.57 bits per heavy atom. The first kappa shape index (κ1) is 23.3. The monoisotopic (exact) mass is 414 g/mol. The van der Waals surface area contributed by atoms with Crippen molar-refractivity contribution in [2.45, 2.75) is 38.9 Å². The van der Waals surface area contributed by atoms with Crippen molar-refractivity contribution in [2.24, 2.45) is 5.92 Å². The van der Waals surface area contributed by atoms with Gasteiger partial charge in [0.25, 0.3) is 0 Å². The van der Waals surface area contributed by atoms with Crippen molar-refractivity contribution < 1.29 is 19.5 Å². The molecule has 0 radical (unpaired) electrons. The molecule has 162 valence electrons. The fraction of sp³-hybridized carbons (Fsp3) is 0.409. The molecule has 0 aromatic heterocycles. The van der Waals surface area contributed by atoms with E-state index in [2.05, 4.69) is 21.3 Å². The number of hydrogen-bond acceptors (Lipinski definition) is 5. The van der Waals surface area contributed by atoms with E-state index in [9.17, 15) is 19.5 Å². The number of nitrogens with one attached hydrogen (secondary N) is 4. The zero-order chi connectivity index (χ0) is 22.3. The van der Waals surface area contributed by atoms with Gasteiger partial charge in [-0.3, -0.25) is 14.4 Å². The summed E-state index contributed by atoms with van der Waals surface area (Å²) in [5.41, 5.74) is 0.586. The molecule has 0 fully saturated rings. The molecular formula is C22H30N4O4. The van der Waals surface area contributed by atoms with E-state index in [0.717, 1.165) is 10.8 Å². The number of aliphatic hydroxyl groups is 1. The van der Waals surface area contributed by atoms with E-state index in [-0.39, 0.29) is 11.8 Å². The minimum absolute atomic E-state index is 0.210. The number of aliphatic hydroxyl groups excluding tert-OH is 1. The van der Waals surface area contributed by atoms with Gasteiger partial charge in [0.15, 0.2) is 0 Å². The molecule has 3 atom stereocenters. The molecule has 0 bridgehead atoms. The maximum Gasteiger partial charge on any atom is 0.249 e. The van der Waals surface area contributed by atoms with Gasteiger partial charge in [0.05, 0.1) is 12.6 Å². The molecule has 0 unspecified atom stereocenters. The van der Waals surface area contributed by atoms with Crippen molar-refractivity contribution in [1.82, 2.24) is 16.0 Å². The Labute approximate surface area is 176 Å². The quantitative estimate of drug-likeness (QED) is 0.419. The van der Waals surface area contributed by atoms with E-state index in [1.165, 1.54) is 0 Å². The number of carbonyl (C=O) groups excluding carboxylic acids is 3. The van der Waals surface area contributed by atoms with Crippen LogP contribution in [0.15, 0.2) is 42.5 Å². The molecule has 3 amide bonds. The largest absolute Gasteiger partial charge is 0.394 e. The molecule has 5 N–H and O–H groups in total. The Hall–Kier alpha value is -2.97. The second-order valence-corrected chi connectivity index (χ2v) is 7.50. The van der Waals surface area contributed by atoms with E-state index in [0.29, 0.717) is 5.69 Å². The predicted octanol–water partition coefficient (Wildman–Crippen LogP) is 1.00. The van der Waals surface area contributed by atoms with Crippen molar-refractivity contribution in [2.75, 3.05) is 19.0 Å². The number of likely N-dealkylation sites (N-methyl/N-ethyl adjacent to an activating group) is 1. The maximum absolute atomic E-state index is 12.7. The first-order chi connectivity index (χ1) is 14.3. The van der Waals surface area contributed by atoms with Gasteiger partial charge in [-0.15, -0.1) is 0 Å². The fourth-order valence-corrected chi connectivity index (χ4v) is 2.95. The van der Waals surface area contributed by atoms with Gasteiger partial charge in [-0.2, -0.15) is 0 Å². The summed E-state index contributed by atoms with van der Waals surface area (Å²) in [7, 11) is 1.65. The minimum atomic E-state index is -1.16. The lowest BCUT2D eigenvalue weighted by Crippen LogP contribution is -2.57. The highest BCUT2D eigenvalue weighted by molar-refractivity contribution is 6.05. The zero-order valence-electron chi connectivity index (χ0n) is 17.7. The lowest BCUT2D eigenvalue weighted by Gasteiger charge is -2.25. The molecule has 2 aromatic carbocycles. The molecule has 0 spiro atoms. The molecule has 0 aliphatic carbocycles. The smallest absolute Gasteiger partial charge is 0.249 e. The number of carbonyl (C=O) groups is 3. The Bertz CT molecular complexity index is 894. The van der Waals surface area contributed by atoms with Gasteiger partial charge in [0.2, 0.25) is 17.7 Å². The highest BCUT2D eigenvalue weighted by Crippen LogP contribution is 2.23. The average Bonchev–Trinajstić information content (AvgIpc) is 2.74. The van der Waals surface area contributed by atoms with Crippen LogP contribution >= 0.6 is 0 Å². The third-order valence-corrected chi connectivity index (χ3v) is 4.94. The zero-order valence-corrected chi connectivity index (χ0v) is 17.7. The molecule has 30 heavy (non-hydrogen) atoms. The third-order valence-electron chi connectivity index (χ3n) is 4.94. The standard InChI is InChI=1S/C22H30N4O4/c1-13(2)19(26-20(28)14(3)23-4)22(30)25-18(12-27)21(29)24-17-11-7-9-15-8-5-6-10-16(15)17/h5-11,13-14,18-19,23,27H,12H2,1-4H3,(H,24,29)(H,25,30)(H,26,28)/t14-,18-,19-/m0/s1. The van der Waals surface area contributed by atoms with Gasteiger partial charge in [-0.25, -0.2) is 0 Å². The van der Waals surface area contributed by atoms with Gasteiger partial charge < -0.3 is 26.4 Å². The topological polar surface area (TPSA) is 120 Å². The van der Waals surface area contributed by atoms with Crippen LogP contribution in [0.5, 0.6) is 0 Å². The number of benzene rings is 2. The summed E-state index contributed by atoms with van der Waals surface area (Å²) in [6, 6.07) is 10.6. The second kappa shape index (κ2) is 10.7. The van der Waals surface area contributed by atoms with E-state index in [1.807, 2.05) is 36.4 Å². The van der Waals surface area contributed by atoms with Crippen LogP contribution in [0.25, 0.3) is 10.8 Å². The van der Waals surface area contributed by atoms with Crippen molar-refractivity contribution in [1.29, 1.82) is 0 Å². The molecule has 0 heterocycles. The molecule has 2 aromatic rings. The van der Waals surface area contributed by atoms with Crippen LogP contribution in [-0.2, 0) is 14.4 Å². The van der Waals surface area contributed by atoms with Crippen molar-refractivity contribution in [3.63, 3.8) is 0 Å². The summed E-state index contributed by atoms with van der Waals surface area (Å²) in [5, 5.41) is 22.3. The predicted molar refractivity (Wildman–Crippen MR) is 117 cm³/mol. The Balaban J connectivity index is 2.11. The lowest BCUT2D eigenvalue weighted by atomic mass is 10.0. The van der Waals surface area contributed by atoms with Crippen LogP contribution in [0.1, 0.15) is 20.8 Å². The molecule has 0 saturated heterocycles. The van der Waals surface area contributed by atoms with E-state index >= 15 is 0 Å². The van der Waals surface area contributed by atoms with E-state index in [4.69, 9.17) is 0 Å². The van der Waals surface area contributed by atoms with Crippen molar-refractivity contribution in [3.05, 3.63) is 42.5 Å². The highest BCUT2D eigenvalue weighted by Gasteiger charge is 2.29. The van der Waals surface area contributed by atoms with Gasteiger partial charge in [0.1, 0.15) is 12.1 Å². The SMILES string of the molecule is CN[C@@H](C)C(=O)N[C@H](C(=O)N[C@@H](CO)C(=O)Nc1cccc2ccccc12)C(C)C. The van der Waals surface area contributed by atoms with Crippen LogP contribution < -0.4 is 21.3 Å². The van der Waals surface area contributed by atoms with Crippen LogP contribution in [0.2, 0.25) is 0 Å². The summed E-state index contributed by atoms with van der Waals surface area (Å²) in [6.45, 7) is 4.68. The first-order valence-electron chi connectivity index (χ1n) is 9.96. The Morgan fingerprint density at radius 1 is 0.900 bits per heavy atom. The fourth-order valence-electron chi connectivity index (χ4n) is 2.95. The number of fused-ring (bicyclic) bond motifs is 1. The van der Waals surface area contributed by atoms with Crippen LogP contribution in [0.3, 0.4) is 0 Å². The summed E-state index contributed by atoms with van der Waals surface area (Å²) >= 11 is 0. The normalized spacial score (nSPS) is 14.1. The van der Waals surface area contributed by atoms with Crippen molar-refractivity contribution >= 4 is 34.2 Å². The number of rotatable bonds is 9. The van der Waals surface area contributed by atoms with Gasteiger partial charge in [-0.1, -0.05) is 50.2 Å². The molecule has 0 saturated carbocycles. The van der Waals surface area contributed by atoms with E-state index < -0.39 is 36.5 Å². The van der Waals surface area contributed by atoms with Gasteiger partial charge >= 0.3 is 0 Å². The molecule has 8 nitrogen and oxygen atoms in total. The summed E-state index contributed by atoms with van der Waals surface area (Å²) < 4.78 is 0. The summed E-state index contributed by atoms with van der Waals surface area (Å²) in [6.07, 6.45) is 0. The molecule has 2 rings (SSSR count). The number of hydrogen-bond donors (Lipinski definition) is 5. The molecule has 0 aliphatic heterocycles. The molecular weight excluding hydrogens is 384 g/mol. The van der Waals surface area contributed by atoms with Gasteiger partial charge in [-0.05, 0) is 31.3 Å². The second-order valence-electron chi connectivity index (χ2n) is 7.50.